The van der Waals surface area contributed by atoms with Gasteiger partial charge >= 0.3 is 35.5 Å². The zero-order chi connectivity index (χ0) is 7.28. The summed E-state index contributed by atoms with van der Waals surface area (Å²) in [5.74, 6) is -0.911. The van der Waals surface area contributed by atoms with Crippen LogP contribution >= 0.6 is 0 Å². The van der Waals surface area contributed by atoms with Gasteiger partial charge in [0.1, 0.15) is 0 Å². The van der Waals surface area contributed by atoms with Crippen molar-refractivity contribution in [3.63, 3.8) is 0 Å². The summed E-state index contributed by atoms with van der Waals surface area (Å²) in [7, 11) is 0. The molecule has 0 aromatic rings. The van der Waals surface area contributed by atoms with Gasteiger partial charge in [0, 0.05) is 0 Å². The molecule has 52 valence electrons. The second-order valence-corrected chi connectivity index (χ2v) is 1.52. The normalized spacial score (nSPS) is 7.70. The van der Waals surface area contributed by atoms with Crippen LogP contribution in [0.1, 0.15) is 13.3 Å². The van der Waals surface area contributed by atoms with E-state index in [2.05, 4.69) is 11.3 Å². The van der Waals surface area contributed by atoms with Gasteiger partial charge in [-0.05, 0) is 6.92 Å². The molecule has 0 aromatic heterocycles. The van der Waals surface area contributed by atoms with Crippen molar-refractivity contribution in [1.82, 2.24) is 0 Å². The van der Waals surface area contributed by atoms with Gasteiger partial charge in [-0.25, -0.2) is 0 Å². The van der Waals surface area contributed by atoms with Crippen LogP contribution in [-0.4, -0.2) is 12.6 Å². The Hall–Kier alpha value is 0.0100. The monoisotopic (exact) mass is 152 g/mol. The van der Waals surface area contributed by atoms with Gasteiger partial charge in [0.2, 0.25) is 0 Å². The Morgan fingerprint density at radius 3 is 2.50 bits per heavy atom. The summed E-state index contributed by atoms with van der Waals surface area (Å²) in [4.78, 5) is 10.4. The first kappa shape index (κ1) is 12.7. The van der Waals surface area contributed by atoms with E-state index in [1.165, 1.54) is 0 Å². The van der Waals surface area contributed by atoms with Crippen LogP contribution < -0.4 is 34.7 Å². The van der Waals surface area contributed by atoms with Crippen molar-refractivity contribution in [2.75, 3.05) is 6.61 Å². The first-order valence-electron chi connectivity index (χ1n) is 2.67. The van der Waals surface area contributed by atoms with Crippen LogP contribution in [0.2, 0.25) is 0 Å². The quantitative estimate of drug-likeness (QED) is 0.243. The van der Waals surface area contributed by atoms with E-state index in [4.69, 9.17) is 0 Å². The minimum atomic E-state index is -0.502. The SMILES string of the molecule is C=C([O-])CC(=O)OCC.[Na+]. The molecule has 4 heteroatoms. The van der Waals surface area contributed by atoms with Crippen LogP contribution in [0.25, 0.3) is 0 Å². The van der Waals surface area contributed by atoms with Gasteiger partial charge in [-0.15, -0.1) is 12.3 Å². The summed E-state index contributed by atoms with van der Waals surface area (Å²) in [6.45, 7) is 5.02. The average Bonchev–Trinajstić information content (AvgIpc) is 1.63. The molecule has 0 radical (unpaired) electrons. The number of rotatable bonds is 3. The van der Waals surface area contributed by atoms with Crippen LogP contribution in [0.5, 0.6) is 0 Å². The molecule has 0 atom stereocenters. The maximum atomic E-state index is 10.4. The number of esters is 1. The van der Waals surface area contributed by atoms with Crippen LogP contribution in [0.15, 0.2) is 12.3 Å². The number of ether oxygens (including phenoxy) is 1. The van der Waals surface area contributed by atoms with Gasteiger partial charge in [0.05, 0.1) is 13.0 Å². The van der Waals surface area contributed by atoms with E-state index in [1.54, 1.807) is 6.92 Å². The van der Waals surface area contributed by atoms with E-state index in [0.29, 0.717) is 6.61 Å². The molecule has 0 rings (SSSR count). The minimum absolute atomic E-state index is 0. The van der Waals surface area contributed by atoms with Crippen molar-refractivity contribution in [3.05, 3.63) is 12.3 Å². The van der Waals surface area contributed by atoms with Crippen molar-refractivity contribution in [1.29, 1.82) is 0 Å². The third-order valence-corrected chi connectivity index (χ3v) is 0.647. The molecule has 0 aliphatic carbocycles. The number of hydrogen-bond donors (Lipinski definition) is 0. The van der Waals surface area contributed by atoms with Crippen molar-refractivity contribution < 1.29 is 44.2 Å². The maximum absolute atomic E-state index is 10.4. The zero-order valence-corrected chi connectivity index (χ0v) is 8.35. The molecule has 0 aliphatic rings. The largest absolute Gasteiger partial charge is 1.00 e. The van der Waals surface area contributed by atoms with Crippen molar-refractivity contribution in [2.45, 2.75) is 13.3 Å². The summed E-state index contributed by atoms with van der Waals surface area (Å²) < 4.78 is 4.45. The van der Waals surface area contributed by atoms with Crippen LogP contribution in [0.4, 0.5) is 0 Å². The summed E-state index contributed by atoms with van der Waals surface area (Å²) in [6, 6.07) is 0. The van der Waals surface area contributed by atoms with Gasteiger partial charge in [0.25, 0.3) is 0 Å². The second-order valence-electron chi connectivity index (χ2n) is 1.52. The summed E-state index contributed by atoms with van der Waals surface area (Å²) in [5.41, 5.74) is 0. The standard InChI is InChI=1S/C6H10O3.Na/c1-3-9-6(8)4-5(2)7;/h7H,2-4H2,1H3;/q;+1/p-1. The summed E-state index contributed by atoms with van der Waals surface area (Å²) in [5, 5.41) is 10.1. The number of carbonyl (C=O) groups excluding carboxylic acids is 1. The predicted octanol–water partition coefficient (Wildman–Crippen LogP) is -3.18. The van der Waals surface area contributed by atoms with Crippen LogP contribution in [-0.2, 0) is 9.53 Å². The van der Waals surface area contributed by atoms with E-state index in [1.807, 2.05) is 0 Å². The first-order valence-corrected chi connectivity index (χ1v) is 2.67. The first-order chi connectivity index (χ1) is 4.16. The molecule has 0 heterocycles. The van der Waals surface area contributed by atoms with E-state index >= 15 is 0 Å². The Bertz CT molecular complexity index is 122. The Morgan fingerprint density at radius 1 is 1.70 bits per heavy atom. The van der Waals surface area contributed by atoms with Gasteiger partial charge in [0.15, 0.2) is 0 Å². The van der Waals surface area contributed by atoms with Gasteiger partial charge in [-0.1, -0.05) is 0 Å². The van der Waals surface area contributed by atoms with E-state index in [9.17, 15) is 9.90 Å². The van der Waals surface area contributed by atoms with Gasteiger partial charge in [-0.3, -0.25) is 4.79 Å². The average molecular weight is 152 g/mol. The van der Waals surface area contributed by atoms with Gasteiger partial charge < -0.3 is 9.84 Å². The maximum Gasteiger partial charge on any atom is 1.00 e. The van der Waals surface area contributed by atoms with Crippen molar-refractivity contribution >= 4 is 5.97 Å². The fraction of sp³-hybridized carbons (Fsp3) is 0.500. The molecule has 0 saturated carbocycles. The Labute approximate surface area is 82.4 Å². The summed E-state index contributed by atoms with van der Waals surface area (Å²) >= 11 is 0. The second kappa shape index (κ2) is 7.12. The molecule has 0 saturated heterocycles. The Balaban J connectivity index is 0. The van der Waals surface area contributed by atoms with E-state index in [0.717, 1.165) is 0 Å². The third-order valence-electron chi connectivity index (χ3n) is 0.647. The Morgan fingerprint density at radius 2 is 2.20 bits per heavy atom. The fourth-order valence-corrected chi connectivity index (χ4v) is 0.373. The Kier molecular flexibility index (Phi) is 9.02. The van der Waals surface area contributed by atoms with Crippen LogP contribution in [0, 0.1) is 0 Å². The molecular formula is C6H9NaO3. The molecule has 0 aromatic carbocycles. The molecule has 0 spiro atoms. The molecule has 0 N–H and O–H groups in total. The molecule has 0 unspecified atom stereocenters. The predicted molar refractivity (Wildman–Crippen MR) is 30.4 cm³/mol. The minimum Gasteiger partial charge on any atom is -0.875 e. The number of hydrogen-bond acceptors (Lipinski definition) is 3. The molecule has 0 bridgehead atoms. The molecule has 0 aliphatic heterocycles. The summed E-state index contributed by atoms with van der Waals surface area (Å²) in [6.07, 6.45) is -0.214. The molecule has 0 amide bonds. The topological polar surface area (TPSA) is 49.4 Å². The molecule has 10 heavy (non-hydrogen) atoms. The number of carbonyl (C=O) groups is 1. The van der Waals surface area contributed by atoms with Gasteiger partial charge in [-0.2, -0.15) is 0 Å². The molecule has 0 fully saturated rings. The van der Waals surface area contributed by atoms with Crippen LogP contribution in [0.3, 0.4) is 0 Å². The third kappa shape index (κ3) is 8.01. The zero-order valence-electron chi connectivity index (χ0n) is 6.35. The van der Waals surface area contributed by atoms with E-state index in [-0.39, 0.29) is 36.0 Å². The fourth-order valence-electron chi connectivity index (χ4n) is 0.373. The van der Waals surface area contributed by atoms with E-state index < -0.39 is 11.7 Å². The molecular weight excluding hydrogens is 143 g/mol. The van der Waals surface area contributed by atoms with Crippen molar-refractivity contribution in [3.8, 4) is 0 Å². The molecule has 3 nitrogen and oxygen atoms in total. The smallest absolute Gasteiger partial charge is 0.875 e. The van der Waals surface area contributed by atoms with Crippen molar-refractivity contribution in [2.24, 2.45) is 0 Å².